The SMILES string of the molecule is Cc1nc(C(C)(C)C)nc(C2(O)CC2)c1F. The van der Waals surface area contributed by atoms with Gasteiger partial charge in [-0.1, -0.05) is 20.8 Å². The molecule has 1 heterocycles. The van der Waals surface area contributed by atoms with Crippen LogP contribution in [0.15, 0.2) is 0 Å². The van der Waals surface area contributed by atoms with Crippen LogP contribution in [0, 0.1) is 12.7 Å². The Balaban J connectivity index is 2.57. The summed E-state index contributed by atoms with van der Waals surface area (Å²) in [5.74, 6) is 0.120. The zero-order chi connectivity index (χ0) is 12.1. The predicted molar refractivity (Wildman–Crippen MR) is 58.6 cm³/mol. The van der Waals surface area contributed by atoms with E-state index in [0.717, 1.165) is 0 Å². The number of hydrogen-bond acceptors (Lipinski definition) is 3. The smallest absolute Gasteiger partial charge is 0.168 e. The summed E-state index contributed by atoms with van der Waals surface area (Å²) in [5, 5.41) is 9.97. The molecule has 0 aliphatic heterocycles. The molecule has 1 N–H and O–H groups in total. The van der Waals surface area contributed by atoms with Gasteiger partial charge in [0.05, 0.1) is 5.69 Å². The minimum atomic E-state index is -1.04. The lowest BCUT2D eigenvalue weighted by Crippen LogP contribution is -2.22. The lowest BCUT2D eigenvalue weighted by atomic mass is 9.95. The number of rotatable bonds is 1. The number of halogens is 1. The van der Waals surface area contributed by atoms with E-state index < -0.39 is 11.4 Å². The van der Waals surface area contributed by atoms with Crippen LogP contribution >= 0.6 is 0 Å². The van der Waals surface area contributed by atoms with E-state index in [1.54, 1.807) is 6.92 Å². The summed E-state index contributed by atoms with van der Waals surface area (Å²) in [6.07, 6.45) is 1.17. The molecule has 16 heavy (non-hydrogen) atoms. The van der Waals surface area contributed by atoms with Gasteiger partial charge in [0.25, 0.3) is 0 Å². The quantitative estimate of drug-likeness (QED) is 0.795. The summed E-state index contributed by atoms with van der Waals surface area (Å²) in [7, 11) is 0. The molecule has 1 aliphatic rings. The van der Waals surface area contributed by atoms with E-state index in [0.29, 0.717) is 24.4 Å². The van der Waals surface area contributed by atoms with Gasteiger partial charge in [0, 0.05) is 5.41 Å². The standard InChI is InChI=1S/C12H17FN2O/c1-7-8(13)9(12(16)5-6-12)15-10(14-7)11(2,3)4/h16H,5-6H2,1-4H3. The molecule has 0 spiro atoms. The molecule has 2 rings (SSSR count). The molecule has 0 radical (unpaired) electrons. The van der Waals surface area contributed by atoms with E-state index in [4.69, 9.17) is 0 Å². The normalized spacial score (nSPS) is 18.6. The van der Waals surface area contributed by atoms with Crippen LogP contribution in [-0.2, 0) is 11.0 Å². The van der Waals surface area contributed by atoms with Gasteiger partial charge in [-0.25, -0.2) is 14.4 Å². The fraction of sp³-hybridized carbons (Fsp3) is 0.667. The minimum Gasteiger partial charge on any atom is -0.383 e. The van der Waals surface area contributed by atoms with Crippen LogP contribution in [0.25, 0.3) is 0 Å². The van der Waals surface area contributed by atoms with Crippen LogP contribution in [0.2, 0.25) is 0 Å². The van der Waals surface area contributed by atoms with Crippen LogP contribution in [0.1, 0.15) is 50.8 Å². The van der Waals surface area contributed by atoms with Gasteiger partial charge in [0.15, 0.2) is 5.82 Å². The molecule has 0 aromatic carbocycles. The first-order valence-corrected chi connectivity index (χ1v) is 5.51. The van der Waals surface area contributed by atoms with E-state index in [9.17, 15) is 9.50 Å². The van der Waals surface area contributed by atoms with Gasteiger partial charge >= 0.3 is 0 Å². The van der Waals surface area contributed by atoms with Crippen LogP contribution in [-0.4, -0.2) is 15.1 Å². The Hall–Kier alpha value is -1.03. The molecule has 0 saturated heterocycles. The maximum atomic E-state index is 13.8. The van der Waals surface area contributed by atoms with Crippen molar-refractivity contribution in [3.8, 4) is 0 Å². The van der Waals surface area contributed by atoms with Gasteiger partial charge in [-0.15, -0.1) is 0 Å². The molecular formula is C12H17FN2O. The minimum absolute atomic E-state index is 0.171. The van der Waals surface area contributed by atoms with Gasteiger partial charge in [0.2, 0.25) is 0 Å². The molecule has 4 heteroatoms. The van der Waals surface area contributed by atoms with E-state index >= 15 is 0 Å². The number of aliphatic hydroxyl groups is 1. The fourth-order valence-corrected chi connectivity index (χ4v) is 1.56. The van der Waals surface area contributed by atoms with Crippen molar-refractivity contribution in [3.05, 3.63) is 23.0 Å². The summed E-state index contributed by atoms with van der Waals surface area (Å²) in [6, 6.07) is 0. The van der Waals surface area contributed by atoms with E-state index in [1.165, 1.54) is 0 Å². The Kier molecular flexibility index (Phi) is 2.31. The average Bonchev–Trinajstić information content (AvgIpc) is 2.87. The summed E-state index contributed by atoms with van der Waals surface area (Å²) < 4.78 is 13.8. The average molecular weight is 224 g/mol. The second-order valence-electron chi connectivity index (χ2n) is 5.58. The van der Waals surface area contributed by atoms with Crippen LogP contribution in [0.5, 0.6) is 0 Å². The predicted octanol–water partition coefficient (Wildman–Crippen LogP) is 2.20. The molecule has 0 bridgehead atoms. The molecule has 3 nitrogen and oxygen atoms in total. The first-order chi connectivity index (χ1) is 7.24. The molecule has 1 fully saturated rings. The molecule has 0 atom stereocenters. The summed E-state index contributed by atoms with van der Waals surface area (Å²) in [6.45, 7) is 7.53. The van der Waals surface area contributed by atoms with Crippen molar-refractivity contribution in [2.75, 3.05) is 0 Å². The lowest BCUT2D eigenvalue weighted by Gasteiger charge is -2.20. The number of hydrogen-bond donors (Lipinski definition) is 1. The highest BCUT2D eigenvalue weighted by Crippen LogP contribution is 2.45. The molecule has 1 aliphatic carbocycles. The van der Waals surface area contributed by atoms with Crippen molar-refractivity contribution in [2.45, 2.75) is 51.6 Å². The summed E-state index contributed by atoms with van der Waals surface area (Å²) in [5.41, 5.74) is -0.795. The Morgan fingerprint density at radius 3 is 2.25 bits per heavy atom. The molecule has 88 valence electrons. The van der Waals surface area contributed by atoms with E-state index in [-0.39, 0.29) is 11.1 Å². The van der Waals surface area contributed by atoms with Crippen molar-refractivity contribution >= 4 is 0 Å². The monoisotopic (exact) mass is 224 g/mol. The van der Waals surface area contributed by atoms with Crippen molar-refractivity contribution in [2.24, 2.45) is 0 Å². The van der Waals surface area contributed by atoms with E-state index in [1.807, 2.05) is 20.8 Å². The number of nitrogens with zero attached hydrogens (tertiary/aromatic N) is 2. The first kappa shape index (κ1) is 11.5. The lowest BCUT2D eigenvalue weighted by molar-refractivity contribution is 0.140. The fourth-order valence-electron chi connectivity index (χ4n) is 1.56. The Labute approximate surface area is 94.7 Å². The highest BCUT2D eigenvalue weighted by Gasteiger charge is 2.46. The van der Waals surface area contributed by atoms with Gasteiger partial charge in [-0.05, 0) is 19.8 Å². The number of aromatic nitrogens is 2. The van der Waals surface area contributed by atoms with Crippen LogP contribution < -0.4 is 0 Å². The Morgan fingerprint density at radius 1 is 1.25 bits per heavy atom. The second-order valence-corrected chi connectivity index (χ2v) is 5.58. The molecule has 0 unspecified atom stereocenters. The Morgan fingerprint density at radius 2 is 1.81 bits per heavy atom. The zero-order valence-corrected chi connectivity index (χ0v) is 10.1. The summed E-state index contributed by atoms with van der Waals surface area (Å²) in [4.78, 5) is 8.35. The first-order valence-electron chi connectivity index (χ1n) is 5.51. The topological polar surface area (TPSA) is 46.0 Å². The van der Waals surface area contributed by atoms with Crippen molar-refractivity contribution in [3.63, 3.8) is 0 Å². The zero-order valence-electron chi connectivity index (χ0n) is 10.1. The van der Waals surface area contributed by atoms with Gasteiger partial charge in [0.1, 0.15) is 17.1 Å². The van der Waals surface area contributed by atoms with E-state index in [2.05, 4.69) is 9.97 Å². The van der Waals surface area contributed by atoms with Gasteiger partial charge in [-0.2, -0.15) is 0 Å². The largest absolute Gasteiger partial charge is 0.383 e. The molecule has 1 saturated carbocycles. The molecular weight excluding hydrogens is 207 g/mol. The number of aryl methyl sites for hydroxylation is 1. The van der Waals surface area contributed by atoms with Crippen LogP contribution in [0.4, 0.5) is 4.39 Å². The maximum Gasteiger partial charge on any atom is 0.168 e. The van der Waals surface area contributed by atoms with Crippen molar-refractivity contribution in [1.29, 1.82) is 0 Å². The van der Waals surface area contributed by atoms with Gasteiger partial charge < -0.3 is 5.11 Å². The second kappa shape index (κ2) is 3.23. The summed E-state index contributed by atoms with van der Waals surface area (Å²) >= 11 is 0. The van der Waals surface area contributed by atoms with Crippen LogP contribution in [0.3, 0.4) is 0 Å². The van der Waals surface area contributed by atoms with Crippen molar-refractivity contribution in [1.82, 2.24) is 9.97 Å². The van der Waals surface area contributed by atoms with Gasteiger partial charge in [-0.3, -0.25) is 0 Å². The molecule has 1 aromatic heterocycles. The maximum absolute atomic E-state index is 13.8. The highest BCUT2D eigenvalue weighted by atomic mass is 19.1. The Bertz CT molecular complexity index is 433. The molecule has 1 aromatic rings. The third-order valence-electron chi connectivity index (χ3n) is 2.85. The van der Waals surface area contributed by atoms with Crippen molar-refractivity contribution < 1.29 is 9.50 Å². The third kappa shape index (κ3) is 1.82. The highest BCUT2D eigenvalue weighted by molar-refractivity contribution is 5.25. The molecule has 0 amide bonds. The third-order valence-corrected chi connectivity index (χ3v) is 2.85.